The Labute approximate surface area is 120 Å². The van der Waals surface area contributed by atoms with Gasteiger partial charge in [0.15, 0.2) is 0 Å². The van der Waals surface area contributed by atoms with E-state index < -0.39 is 0 Å². The van der Waals surface area contributed by atoms with Gasteiger partial charge in [-0.15, -0.1) is 0 Å². The van der Waals surface area contributed by atoms with Gasteiger partial charge in [0, 0.05) is 30.1 Å². The molecule has 1 heterocycles. The predicted molar refractivity (Wildman–Crippen MR) is 82.8 cm³/mol. The first-order valence-corrected chi connectivity index (χ1v) is 7.27. The number of hydrogen-bond donors (Lipinski definition) is 3. The highest BCUT2D eigenvalue weighted by molar-refractivity contribution is 5.83. The average Bonchev–Trinajstić information content (AvgIpc) is 2.87. The van der Waals surface area contributed by atoms with Crippen LogP contribution in [0.15, 0.2) is 30.5 Å². The van der Waals surface area contributed by atoms with Gasteiger partial charge in [-0.1, -0.05) is 18.2 Å². The first-order valence-electron chi connectivity index (χ1n) is 7.27. The van der Waals surface area contributed by atoms with E-state index in [2.05, 4.69) is 33.9 Å². The van der Waals surface area contributed by atoms with Crippen LogP contribution in [0.2, 0.25) is 0 Å². The van der Waals surface area contributed by atoms with Crippen LogP contribution in [0.5, 0.6) is 0 Å². The minimum atomic E-state index is 0.154. The van der Waals surface area contributed by atoms with E-state index in [4.69, 9.17) is 0 Å². The number of amides is 1. The molecule has 0 aliphatic heterocycles. The van der Waals surface area contributed by atoms with E-state index in [1.807, 2.05) is 19.2 Å². The third-order valence-electron chi connectivity index (χ3n) is 3.45. The number of benzene rings is 1. The SMILES string of the molecule is CNCCCNC(=O)CCCc1c[nH]c2ccccc12. The summed E-state index contributed by atoms with van der Waals surface area (Å²) in [5.41, 5.74) is 2.46. The number of para-hydroxylation sites is 1. The van der Waals surface area contributed by atoms with Gasteiger partial charge in [-0.3, -0.25) is 4.79 Å². The Morgan fingerprint density at radius 2 is 2.05 bits per heavy atom. The number of hydrogen-bond acceptors (Lipinski definition) is 2. The third-order valence-corrected chi connectivity index (χ3v) is 3.45. The number of aromatic nitrogens is 1. The fourth-order valence-electron chi connectivity index (χ4n) is 2.36. The van der Waals surface area contributed by atoms with E-state index in [1.165, 1.54) is 16.5 Å². The summed E-state index contributed by atoms with van der Waals surface area (Å²) in [6.07, 6.45) is 5.45. The minimum Gasteiger partial charge on any atom is -0.361 e. The van der Waals surface area contributed by atoms with Gasteiger partial charge in [-0.05, 0) is 44.5 Å². The van der Waals surface area contributed by atoms with Crippen LogP contribution in [-0.2, 0) is 11.2 Å². The Hall–Kier alpha value is -1.81. The molecular formula is C16H23N3O. The molecule has 2 rings (SSSR count). The number of aromatic amines is 1. The zero-order chi connectivity index (χ0) is 14.2. The molecule has 0 saturated carbocycles. The second-order valence-corrected chi connectivity index (χ2v) is 5.02. The molecule has 0 unspecified atom stereocenters. The Kier molecular flexibility index (Phi) is 5.62. The summed E-state index contributed by atoms with van der Waals surface area (Å²) in [4.78, 5) is 14.9. The fourth-order valence-corrected chi connectivity index (χ4v) is 2.36. The molecule has 3 N–H and O–H groups in total. The van der Waals surface area contributed by atoms with Gasteiger partial charge in [0.1, 0.15) is 0 Å². The van der Waals surface area contributed by atoms with Crippen molar-refractivity contribution in [1.82, 2.24) is 15.6 Å². The Morgan fingerprint density at radius 3 is 2.90 bits per heavy atom. The van der Waals surface area contributed by atoms with Crippen molar-refractivity contribution in [1.29, 1.82) is 0 Å². The molecule has 0 aliphatic rings. The lowest BCUT2D eigenvalue weighted by Crippen LogP contribution is -2.26. The molecule has 0 aliphatic carbocycles. The lowest BCUT2D eigenvalue weighted by molar-refractivity contribution is -0.121. The smallest absolute Gasteiger partial charge is 0.220 e. The molecular weight excluding hydrogens is 250 g/mol. The molecule has 2 aromatic rings. The van der Waals surface area contributed by atoms with E-state index in [9.17, 15) is 4.79 Å². The monoisotopic (exact) mass is 273 g/mol. The van der Waals surface area contributed by atoms with Gasteiger partial charge in [0.05, 0.1) is 0 Å². The van der Waals surface area contributed by atoms with Gasteiger partial charge < -0.3 is 15.6 Å². The van der Waals surface area contributed by atoms with Gasteiger partial charge >= 0.3 is 0 Å². The number of H-pyrrole nitrogens is 1. The van der Waals surface area contributed by atoms with E-state index >= 15 is 0 Å². The summed E-state index contributed by atoms with van der Waals surface area (Å²) >= 11 is 0. The van der Waals surface area contributed by atoms with Crippen LogP contribution in [-0.4, -0.2) is 31.0 Å². The molecule has 0 spiro atoms. The maximum Gasteiger partial charge on any atom is 0.220 e. The van der Waals surface area contributed by atoms with Crippen LogP contribution in [0.25, 0.3) is 10.9 Å². The predicted octanol–water partition coefficient (Wildman–Crippen LogP) is 2.22. The molecule has 1 aromatic heterocycles. The molecule has 0 saturated heterocycles. The minimum absolute atomic E-state index is 0.154. The van der Waals surface area contributed by atoms with E-state index in [1.54, 1.807) is 0 Å². The summed E-state index contributed by atoms with van der Waals surface area (Å²) in [5.74, 6) is 0.154. The van der Waals surface area contributed by atoms with Crippen molar-refractivity contribution in [3.8, 4) is 0 Å². The largest absolute Gasteiger partial charge is 0.361 e. The number of aryl methyl sites for hydroxylation is 1. The van der Waals surface area contributed by atoms with Crippen LogP contribution in [0.3, 0.4) is 0 Å². The van der Waals surface area contributed by atoms with Gasteiger partial charge in [0.25, 0.3) is 0 Å². The summed E-state index contributed by atoms with van der Waals surface area (Å²) in [6.45, 7) is 1.70. The quantitative estimate of drug-likeness (QED) is 0.646. The number of fused-ring (bicyclic) bond motifs is 1. The fraction of sp³-hybridized carbons (Fsp3) is 0.438. The molecule has 1 aromatic carbocycles. The van der Waals surface area contributed by atoms with E-state index in [0.717, 1.165) is 32.4 Å². The van der Waals surface area contributed by atoms with E-state index in [0.29, 0.717) is 6.42 Å². The Bertz CT molecular complexity index is 547. The lowest BCUT2D eigenvalue weighted by atomic mass is 10.1. The van der Waals surface area contributed by atoms with Gasteiger partial charge in [-0.2, -0.15) is 0 Å². The topological polar surface area (TPSA) is 56.9 Å². The summed E-state index contributed by atoms with van der Waals surface area (Å²) in [7, 11) is 1.92. The normalized spacial score (nSPS) is 10.8. The third kappa shape index (κ3) is 4.10. The van der Waals surface area contributed by atoms with Crippen molar-refractivity contribution in [3.63, 3.8) is 0 Å². The van der Waals surface area contributed by atoms with Gasteiger partial charge in [-0.25, -0.2) is 0 Å². The molecule has 0 fully saturated rings. The van der Waals surface area contributed by atoms with Crippen LogP contribution in [0, 0.1) is 0 Å². The molecule has 20 heavy (non-hydrogen) atoms. The number of carbonyl (C=O) groups excluding carboxylic acids is 1. The Balaban J connectivity index is 1.71. The van der Waals surface area contributed by atoms with Crippen molar-refractivity contribution < 1.29 is 4.79 Å². The van der Waals surface area contributed by atoms with Crippen molar-refractivity contribution in [3.05, 3.63) is 36.0 Å². The Morgan fingerprint density at radius 1 is 1.20 bits per heavy atom. The molecule has 4 nitrogen and oxygen atoms in total. The molecule has 0 bridgehead atoms. The highest BCUT2D eigenvalue weighted by atomic mass is 16.1. The van der Waals surface area contributed by atoms with Crippen LogP contribution in [0.1, 0.15) is 24.8 Å². The van der Waals surface area contributed by atoms with Crippen LogP contribution >= 0.6 is 0 Å². The molecule has 0 radical (unpaired) electrons. The molecule has 1 amide bonds. The highest BCUT2D eigenvalue weighted by Crippen LogP contribution is 2.19. The van der Waals surface area contributed by atoms with Crippen molar-refractivity contribution in [2.45, 2.75) is 25.7 Å². The van der Waals surface area contributed by atoms with Crippen LogP contribution in [0.4, 0.5) is 0 Å². The first-order chi connectivity index (χ1) is 9.81. The molecule has 108 valence electrons. The maximum atomic E-state index is 11.7. The van der Waals surface area contributed by atoms with Crippen molar-refractivity contribution in [2.75, 3.05) is 20.1 Å². The summed E-state index contributed by atoms with van der Waals surface area (Å²) < 4.78 is 0. The second-order valence-electron chi connectivity index (χ2n) is 5.02. The lowest BCUT2D eigenvalue weighted by Gasteiger charge is -2.04. The first kappa shape index (κ1) is 14.6. The average molecular weight is 273 g/mol. The summed E-state index contributed by atoms with van der Waals surface area (Å²) in [6, 6.07) is 8.28. The van der Waals surface area contributed by atoms with E-state index in [-0.39, 0.29) is 5.91 Å². The number of rotatable bonds is 8. The molecule has 0 atom stereocenters. The standard InChI is InChI=1S/C16H23N3O/c1-17-10-5-11-18-16(20)9-4-6-13-12-19-15-8-3-2-7-14(13)15/h2-3,7-8,12,17,19H,4-6,9-11H2,1H3,(H,18,20). The zero-order valence-electron chi connectivity index (χ0n) is 12.0. The maximum absolute atomic E-state index is 11.7. The van der Waals surface area contributed by atoms with Crippen molar-refractivity contribution in [2.24, 2.45) is 0 Å². The summed E-state index contributed by atoms with van der Waals surface area (Å²) in [5, 5.41) is 7.28. The molecule has 4 heteroatoms. The number of carbonyl (C=O) groups is 1. The number of nitrogens with one attached hydrogen (secondary N) is 3. The highest BCUT2D eigenvalue weighted by Gasteiger charge is 2.05. The van der Waals surface area contributed by atoms with Crippen molar-refractivity contribution >= 4 is 16.8 Å². The van der Waals surface area contributed by atoms with Gasteiger partial charge in [0.2, 0.25) is 5.91 Å². The van der Waals surface area contributed by atoms with Crippen LogP contribution < -0.4 is 10.6 Å². The second kappa shape index (κ2) is 7.70. The zero-order valence-corrected chi connectivity index (χ0v) is 12.0.